The maximum absolute atomic E-state index is 15.1. The molecule has 1 aliphatic heterocycles. The summed E-state index contributed by atoms with van der Waals surface area (Å²) in [6.07, 6.45) is -1.51. The molecule has 3 heterocycles. The van der Waals surface area contributed by atoms with Gasteiger partial charge in [0.2, 0.25) is 0 Å². The number of hydrogen-bond acceptors (Lipinski definition) is 6. The molecule has 12 heteroatoms. The van der Waals surface area contributed by atoms with Gasteiger partial charge < -0.3 is 20.5 Å². The lowest BCUT2D eigenvalue weighted by Gasteiger charge is -2.35. The van der Waals surface area contributed by atoms with E-state index in [0.717, 1.165) is 25.0 Å². The number of nitrogen functional groups attached to an aromatic ring is 1. The van der Waals surface area contributed by atoms with Crippen LogP contribution >= 0.6 is 0 Å². The molecule has 2 aromatic heterocycles. The topological polar surface area (TPSA) is 104 Å². The number of amides is 1. The number of benzene rings is 2. The summed E-state index contributed by atoms with van der Waals surface area (Å²) in [6, 6.07) is 7.73. The quantitative estimate of drug-likeness (QED) is 0.376. The van der Waals surface area contributed by atoms with Gasteiger partial charge in [-0.25, -0.2) is 19.3 Å². The number of fused-ring (bicyclic) bond motifs is 1. The minimum Gasteiger partial charge on any atom is -0.382 e. The molecule has 4 aromatic rings. The molecule has 1 fully saturated rings. The van der Waals surface area contributed by atoms with E-state index >= 15 is 4.39 Å². The molecule has 2 aromatic carbocycles. The number of carbonyl (C=O) groups excluding carboxylic acids is 1. The number of H-pyrrole nitrogens is 1. The summed E-state index contributed by atoms with van der Waals surface area (Å²) < 4.78 is 54.3. The van der Waals surface area contributed by atoms with Gasteiger partial charge in [-0.3, -0.25) is 4.79 Å². The number of aromatic amines is 1. The molecule has 0 bridgehead atoms. The fourth-order valence-corrected chi connectivity index (χ4v) is 4.61. The number of hydrogen-bond donors (Lipinski definition) is 2. The number of carbonyl (C=O) groups is 1. The van der Waals surface area contributed by atoms with E-state index < -0.39 is 17.6 Å². The molecule has 0 aliphatic carbocycles. The fourth-order valence-electron chi connectivity index (χ4n) is 4.61. The predicted octanol–water partition coefficient (Wildman–Crippen LogP) is 4.59. The molecule has 3 N–H and O–H groups in total. The Bertz CT molecular complexity index is 1510. The van der Waals surface area contributed by atoms with Crippen molar-refractivity contribution in [1.82, 2.24) is 29.7 Å². The lowest BCUT2D eigenvalue weighted by atomic mass is 10.0. The number of nitrogens with one attached hydrogen (secondary N) is 1. The van der Waals surface area contributed by atoms with Crippen LogP contribution in [0.2, 0.25) is 0 Å². The molecule has 0 saturated carbocycles. The minimum atomic E-state index is -4.50. The van der Waals surface area contributed by atoms with Crippen molar-refractivity contribution < 1.29 is 22.4 Å². The molecular weight excluding hydrogens is 502 g/mol. The molecule has 0 spiro atoms. The van der Waals surface area contributed by atoms with Gasteiger partial charge in [0.15, 0.2) is 11.6 Å². The first-order valence-electron chi connectivity index (χ1n) is 12.0. The zero-order chi connectivity index (χ0) is 27.2. The molecule has 0 radical (unpaired) electrons. The summed E-state index contributed by atoms with van der Waals surface area (Å²) >= 11 is 0. The van der Waals surface area contributed by atoms with Crippen molar-refractivity contribution in [3.8, 4) is 22.8 Å². The van der Waals surface area contributed by atoms with E-state index in [1.807, 2.05) is 14.1 Å². The van der Waals surface area contributed by atoms with Crippen molar-refractivity contribution in [2.45, 2.75) is 25.1 Å². The Kier molecular flexibility index (Phi) is 6.51. The van der Waals surface area contributed by atoms with Crippen LogP contribution in [0.3, 0.4) is 0 Å². The molecule has 5 rings (SSSR count). The number of nitrogens with two attached hydrogens (primary N) is 1. The van der Waals surface area contributed by atoms with Gasteiger partial charge in [0.05, 0.1) is 34.1 Å². The van der Waals surface area contributed by atoms with Gasteiger partial charge in [-0.05, 0) is 57.3 Å². The summed E-state index contributed by atoms with van der Waals surface area (Å²) in [6.45, 7) is 1.11. The van der Waals surface area contributed by atoms with E-state index in [-0.39, 0.29) is 40.0 Å². The highest BCUT2D eigenvalue weighted by atomic mass is 19.4. The van der Waals surface area contributed by atoms with Gasteiger partial charge in [0.25, 0.3) is 5.91 Å². The normalized spacial score (nSPS) is 15.0. The number of likely N-dealkylation sites (tertiary alicyclic amines) is 1. The van der Waals surface area contributed by atoms with Gasteiger partial charge >= 0.3 is 6.18 Å². The number of aromatic nitrogens is 4. The van der Waals surface area contributed by atoms with Crippen molar-refractivity contribution in [2.75, 3.05) is 32.9 Å². The zero-order valence-electron chi connectivity index (χ0n) is 20.7. The summed E-state index contributed by atoms with van der Waals surface area (Å²) in [7, 11) is 4.01. The van der Waals surface area contributed by atoms with Crippen molar-refractivity contribution in [2.24, 2.45) is 0 Å². The lowest BCUT2D eigenvalue weighted by Crippen LogP contribution is -2.44. The summed E-state index contributed by atoms with van der Waals surface area (Å²) in [5, 5.41) is 0. The maximum atomic E-state index is 15.1. The minimum absolute atomic E-state index is 0.00255. The number of alkyl halides is 3. The SMILES string of the molecule is CN(C)C1CCN(C(=O)c2ccc(-c3cnc(N)c(-c4nc5ccc(C(F)(F)F)cc5[nH]4)n3)cc2F)CC1. The zero-order valence-corrected chi connectivity index (χ0v) is 20.7. The van der Waals surface area contributed by atoms with Crippen LogP contribution in [0.5, 0.6) is 0 Å². The molecule has 0 unspecified atom stereocenters. The van der Waals surface area contributed by atoms with E-state index in [4.69, 9.17) is 5.73 Å². The Balaban J connectivity index is 1.41. The van der Waals surface area contributed by atoms with Gasteiger partial charge in [0.1, 0.15) is 11.5 Å². The van der Waals surface area contributed by atoms with Gasteiger partial charge in [0, 0.05) is 24.7 Å². The highest BCUT2D eigenvalue weighted by Gasteiger charge is 2.31. The third-order valence-electron chi connectivity index (χ3n) is 6.81. The van der Waals surface area contributed by atoms with Crippen LogP contribution in [0.1, 0.15) is 28.8 Å². The molecule has 1 saturated heterocycles. The molecule has 0 atom stereocenters. The Labute approximate surface area is 215 Å². The maximum Gasteiger partial charge on any atom is 0.416 e. The number of halogens is 4. The second-order valence-corrected chi connectivity index (χ2v) is 9.49. The number of rotatable bonds is 4. The van der Waals surface area contributed by atoms with E-state index in [1.165, 1.54) is 24.4 Å². The first kappa shape index (κ1) is 25.6. The monoisotopic (exact) mass is 527 g/mol. The van der Waals surface area contributed by atoms with Crippen molar-refractivity contribution in [1.29, 1.82) is 0 Å². The van der Waals surface area contributed by atoms with Crippen LogP contribution in [0, 0.1) is 5.82 Å². The van der Waals surface area contributed by atoms with E-state index in [9.17, 15) is 18.0 Å². The van der Waals surface area contributed by atoms with Gasteiger partial charge in [-0.1, -0.05) is 6.07 Å². The molecule has 8 nitrogen and oxygen atoms in total. The highest BCUT2D eigenvalue weighted by Crippen LogP contribution is 2.32. The third kappa shape index (κ3) is 4.91. The second kappa shape index (κ2) is 9.67. The average Bonchev–Trinajstić information content (AvgIpc) is 3.31. The summed E-state index contributed by atoms with van der Waals surface area (Å²) in [4.78, 5) is 32.4. The first-order chi connectivity index (χ1) is 18.0. The van der Waals surface area contributed by atoms with Crippen LogP contribution in [-0.4, -0.2) is 68.9 Å². The van der Waals surface area contributed by atoms with E-state index in [1.54, 1.807) is 11.0 Å². The fraction of sp³-hybridized carbons (Fsp3) is 0.308. The third-order valence-corrected chi connectivity index (χ3v) is 6.81. The summed E-state index contributed by atoms with van der Waals surface area (Å²) in [5.74, 6) is -0.932. The van der Waals surface area contributed by atoms with Crippen molar-refractivity contribution in [3.63, 3.8) is 0 Å². The Morgan fingerprint density at radius 3 is 2.50 bits per heavy atom. The second-order valence-electron chi connectivity index (χ2n) is 9.49. The molecule has 1 aliphatic rings. The number of anilines is 1. The van der Waals surface area contributed by atoms with Crippen molar-refractivity contribution in [3.05, 3.63) is 59.5 Å². The summed E-state index contributed by atoms with van der Waals surface area (Å²) in [5.41, 5.74) is 6.31. The molecule has 198 valence electrons. The smallest absolute Gasteiger partial charge is 0.382 e. The largest absolute Gasteiger partial charge is 0.416 e. The molecular formula is C26H25F4N7O. The lowest BCUT2D eigenvalue weighted by molar-refractivity contribution is -0.137. The van der Waals surface area contributed by atoms with Crippen LogP contribution in [0.15, 0.2) is 42.6 Å². The van der Waals surface area contributed by atoms with E-state index in [0.29, 0.717) is 30.2 Å². The number of nitrogens with zero attached hydrogens (tertiary/aromatic N) is 5. The molecule has 38 heavy (non-hydrogen) atoms. The standard InChI is InChI=1S/C26H25F4N7O/c1-36(2)16-7-9-37(10-8-16)25(38)17-5-3-14(11-18(17)27)21-13-32-23(31)22(33-21)24-34-19-6-4-15(26(28,29)30)12-20(19)35-24/h3-6,11-13,16H,7-10H2,1-2H3,(H2,31,32)(H,34,35). The number of imidazole rings is 1. The Hall–Kier alpha value is -4.06. The van der Waals surface area contributed by atoms with Crippen LogP contribution < -0.4 is 5.73 Å². The van der Waals surface area contributed by atoms with Crippen LogP contribution in [-0.2, 0) is 6.18 Å². The highest BCUT2D eigenvalue weighted by molar-refractivity contribution is 5.95. The Morgan fingerprint density at radius 2 is 1.84 bits per heavy atom. The van der Waals surface area contributed by atoms with Crippen LogP contribution in [0.4, 0.5) is 23.4 Å². The number of piperidine rings is 1. The van der Waals surface area contributed by atoms with Crippen molar-refractivity contribution >= 4 is 22.8 Å². The predicted molar refractivity (Wildman–Crippen MR) is 135 cm³/mol. The van der Waals surface area contributed by atoms with E-state index in [2.05, 4.69) is 24.8 Å². The van der Waals surface area contributed by atoms with Crippen LogP contribution in [0.25, 0.3) is 33.8 Å². The van der Waals surface area contributed by atoms with Gasteiger partial charge in [-0.2, -0.15) is 13.2 Å². The average molecular weight is 528 g/mol. The molecule has 1 amide bonds. The van der Waals surface area contributed by atoms with Gasteiger partial charge in [-0.15, -0.1) is 0 Å². The first-order valence-corrected chi connectivity index (χ1v) is 12.0. The Morgan fingerprint density at radius 1 is 1.11 bits per heavy atom.